The first-order valence-electron chi connectivity index (χ1n) is 7.85. The molecule has 0 fully saturated rings. The van der Waals surface area contributed by atoms with Gasteiger partial charge in [-0.3, -0.25) is 4.79 Å². The Morgan fingerprint density at radius 1 is 1.23 bits per heavy atom. The number of carbonyl (C=O) groups excluding carboxylic acids is 1. The summed E-state index contributed by atoms with van der Waals surface area (Å²) in [5, 5.41) is 6.96. The molecule has 0 aromatic heterocycles. The number of benzene rings is 1. The number of esters is 1. The van der Waals surface area contributed by atoms with Gasteiger partial charge in [-0.2, -0.15) is 0 Å². The smallest absolute Gasteiger partial charge is 0.307 e. The van der Waals surface area contributed by atoms with Gasteiger partial charge in [-0.05, 0) is 50.0 Å². The molecule has 0 saturated carbocycles. The first-order chi connectivity index (χ1) is 10.5. The number of rotatable bonds is 7. The van der Waals surface area contributed by atoms with Crippen molar-refractivity contribution in [1.29, 1.82) is 0 Å². The van der Waals surface area contributed by atoms with E-state index in [1.807, 2.05) is 6.92 Å². The Hall–Kier alpha value is -1.62. The van der Waals surface area contributed by atoms with Crippen molar-refractivity contribution in [1.82, 2.24) is 5.32 Å². The van der Waals surface area contributed by atoms with Gasteiger partial charge in [0.1, 0.15) is 0 Å². The van der Waals surface area contributed by atoms with E-state index in [0.29, 0.717) is 18.1 Å². The Kier molecular flexibility index (Phi) is 7.88. The van der Waals surface area contributed by atoms with Crippen molar-refractivity contribution in [2.45, 2.75) is 53.0 Å². The van der Waals surface area contributed by atoms with Gasteiger partial charge < -0.3 is 15.4 Å². The van der Waals surface area contributed by atoms with Crippen molar-refractivity contribution in [2.24, 2.45) is 0 Å². The van der Waals surface area contributed by atoms with Crippen LogP contribution in [0.25, 0.3) is 0 Å². The highest BCUT2D eigenvalue weighted by Crippen LogP contribution is 2.22. The summed E-state index contributed by atoms with van der Waals surface area (Å²) in [6.45, 7) is 8.37. The zero-order valence-electron chi connectivity index (χ0n) is 13.9. The normalized spacial score (nSPS) is 11.6. The van der Waals surface area contributed by atoms with Crippen molar-refractivity contribution in [2.75, 3.05) is 11.9 Å². The first-order valence-corrected chi connectivity index (χ1v) is 8.26. The van der Waals surface area contributed by atoms with Crippen molar-refractivity contribution in [3.05, 3.63) is 29.3 Å². The minimum absolute atomic E-state index is 0.0714. The molecular weight excluding hydrogens is 296 g/mol. The van der Waals surface area contributed by atoms with Gasteiger partial charge >= 0.3 is 5.97 Å². The maximum atomic E-state index is 11.5. The minimum Gasteiger partial charge on any atom is -0.466 e. The number of nitrogens with one attached hydrogen (secondary N) is 2. The number of carbonyl (C=O) groups is 1. The number of hydrogen-bond donors (Lipinski definition) is 2. The summed E-state index contributed by atoms with van der Waals surface area (Å²) in [6, 6.07) is 6.21. The summed E-state index contributed by atoms with van der Waals surface area (Å²) in [5.41, 5.74) is 3.55. The number of ether oxygens (including phenoxy) is 1. The number of thiocarbonyl (C=S) groups is 1. The number of anilines is 1. The van der Waals surface area contributed by atoms with Crippen LogP contribution >= 0.6 is 12.2 Å². The van der Waals surface area contributed by atoms with Crippen molar-refractivity contribution >= 4 is 29.0 Å². The minimum atomic E-state index is -0.214. The molecule has 0 bridgehead atoms. The Morgan fingerprint density at radius 2 is 1.82 bits per heavy atom. The van der Waals surface area contributed by atoms with E-state index in [-0.39, 0.29) is 12.0 Å². The predicted molar refractivity (Wildman–Crippen MR) is 95.3 cm³/mol. The van der Waals surface area contributed by atoms with Gasteiger partial charge in [0.05, 0.1) is 13.0 Å². The summed E-state index contributed by atoms with van der Waals surface area (Å²) in [7, 11) is 0. The molecule has 0 aliphatic rings. The second-order valence-electron chi connectivity index (χ2n) is 5.17. The fraction of sp³-hybridized carbons (Fsp3) is 0.529. The second kappa shape index (κ2) is 9.41. The molecule has 0 spiro atoms. The molecule has 1 aromatic rings. The molecule has 0 aliphatic heterocycles. The zero-order chi connectivity index (χ0) is 16.5. The van der Waals surface area contributed by atoms with Gasteiger partial charge in [0.15, 0.2) is 5.11 Å². The summed E-state index contributed by atoms with van der Waals surface area (Å²) < 4.78 is 4.94. The van der Waals surface area contributed by atoms with E-state index < -0.39 is 0 Å². The molecule has 0 heterocycles. The number of para-hydroxylation sites is 1. The summed E-state index contributed by atoms with van der Waals surface area (Å²) in [5.74, 6) is -0.214. The highest BCUT2D eigenvalue weighted by atomic mass is 32.1. The van der Waals surface area contributed by atoms with E-state index in [0.717, 1.165) is 18.5 Å². The van der Waals surface area contributed by atoms with E-state index in [9.17, 15) is 4.79 Å². The van der Waals surface area contributed by atoms with Gasteiger partial charge in [0.25, 0.3) is 0 Å². The third-order valence-electron chi connectivity index (χ3n) is 3.39. The highest BCUT2D eigenvalue weighted by Gasteiger charge is 2.12. The van der Waals surface area contributed by atoms with Crippen LogP contribution in [0.1, 0.15) is 45.2 Å². The van der Waals surface area contributed by atoms with Crippen LogP contribution in [0.2, 0.25) is 0 Å². The largest absolute Gasteiger partial charge is 0.466 e. The Labute approximate surface area is 138 Å². The van der Waals surface area contributed by atoms with Gasteiger partial charge in [0, 0.05) is 11.7 Å². The van der Waals surface area contributed by atoms with E-state index >= 15 is 0 Å². The lowest BCUT2D eigenvalue weighted by Crippen LogP contribution is -2.37. The number of hydrogen-bond acceptors (Lipinski definition) is 3. The van der Waals surface area contributed by atoms with Crippen LogP contribution < -0.4 is 10.6 Å². The molecule has 122 valence electrons. The van der Waals surface area contributed by atoms with Crippen molar-refractivity contribution < 1.29 is 9.53 Å². The Balaban J connectivity index is 2.67. The van der Waals surface area contributed by atoms with Crippen LogP contribution in [-0.2, 0) is 22.4 Å². The average Bonchev–Trinajstić information content (AvgIpc) is 2.47. The average molecular weight is 322 g/mol. The summed E-state index contributed by atoms with van der Waals surface area (Å²) in [4.78, 5) is 11.5. The lowest BCUT2D eigenvalue weighted by Gasteiger charge is -2.19. The lowest BCUT2D eigenvalue weighted by molar-refractivity contribution is -0.143. The molecule has 1 unspecified atom stereocenters. The van der Waals surface area contributed by atoms with E-state index in [4.69, 9.17) is 17.0 Å². The van der Waals surface area contributed by atoms with Crippen molar-refractivity contribution in [3.8, 4) is 0 Å². The Bertz CT molecular complexity index is 495. The molecule has 0 saturated heterocycles. The molecule has 1 rings (SSSR count). The van der Waals surface area contributed by atoms with Crippen LogP contribution in [0.5, 0.6) is 0 Å². The van der Waals surface area contributed by atoms with Crippen LogP contribution in [0.3, 0.4) is 0 Å². The third kappa shape index (κ3) is 5.64. The topological polar surface area (TPSA) is 50.4 Å². The molecule has 1 atom stereocenters. The molecule has 22 heavy (non-hydrogen) atoms. The van der Waals surface area contributed by atoms with E-state index in [1.54, 1.807) is 6.92 Å². The van der Waals surface area contributed by atoms with Crippen LogP contribution in [0.4, 0.5) is 5.69 Å². The molecule has 2 N–H and O–H groups in total. The summed E-state index contributed by atoms with van der Waals surface area (Å²) >= 11 is 5.37. The van der Waals surface area contributed by atoms with Gasteiger partial charge in [-0.1, -0.05) is 32.0 Å². The molecular formula is C17H26N2O2S. The molecule has 0 amide bonds. The first kappa shape index (κ1) is 18.4. The zero-order valence-corrected chi connectivity index (χ0v) is 14.7. The van der Waals surface area contributed by atoms with Crippen LogP contribution in [0, 0.1) is 0 Å². The SMILES string of the molecule is CCOC(=O)CC(C)NC(=S)Nc1c(CC)cccc1CC. The molecule has 0 aliphatic carbocycles. The molecule has 4 nitrogen and oxygen atoms in total. The standard InChI is InChI=1S/C17H26N2O2S/c1-5-13-9-8-10-14(6-2)16(13)19-17(22)18-12(4)11-15(20)21-7-3/h8-10,12H,5-7,11H2,1-4H3,(H2,18,19,22). The van der Waals surface area contributed by atoms with Gasteiger partial charge in [-0.25, -0.2) is 0 Å². The molecule has 5 heteroatoms. The van der Waals surface area contributed by atoms with Crippen molar-refractivity contribution in [3.63, 3.8) is 0 Å². The fourth-order valence-electron chi connectivity index (χ4n) is 2.30. The van der Waals surface area contributed by atoms with E-state index in [2.05, 4.69) is 42.7 Å². The Morgan fingerprint density at radius 3 is 2.32 bits per heavy atom. The monoisotopic (exact) mass is 322 g/mol. The van der Waals surface area contributed by atoms with Gasteiger partial charge in [-0.15, -0.1) is 0 Å². The van der Waals surface area contributed by atoms with Crippen LogP contribution in [-0.4, -0.2) is 23.7 Å². The van der Waals surface area contributed by atoms with E-state index in [1.165, 1.54) is 11.1 Å². The molecule has 0 radical (unpaired) electrons. The lowest BCUT2D eigenvalue weighted by atomic mass is 10.0. The predicted octanol–water partition coefficient (Wildman–Crippen LogP) is 3.44. The quantitative estimate of drug-likeness (QED) is 0.595. The second-order valence-corrected chi connectivity index (χ2v) is 5.58. The third-order valence-corrected chi connectivity index (χ3v) is 3.61. The highest BCUT2D eigenvalue weighted by molar-refractivity contribution is 7.80. The maximum Gasteiger partial charge on any atom is 0.307 e. The molecule has 1 aromatic carbocycles. The maximum absolute atomic E-state index is 11.5. The van der Waals surface area contributed by atoms with Gasteiger partial charge in [0.2, 0.25) is 0 Å². The van der Waals surface area contributed by atoms with Crippen LogP contribution in [0.15, 0.2) is 18.2 Å². The summed E-state index contributed by atoms with van der Waals surface area (Å²) in [6.07, 6.45) is 2.18. The fourth-order valence-corrected chi connectivity index (χ4v) is 2.60. The number of aryl methyl sites for hydroxylation is 2.